The van der Waals surface area contributed by atoms with E-state index in [9.17, 15) is 9.18 Å². The Hall–Kier alpha value is -2.17. The molecule has 2 heterocycles. The number of hydrogen-bond donors (Lipinski definition) is 0. The zero-order chi connectivity index (χ0) is 16.2. The van der Waals surface area contributed by atoms with Crippen molar-refractivity contribution in [1.29, 1.82) is 0 Å². The Balaban J connectivity index is 1.94. The number of likely N-dealkylation sites (tertiary alicyclic amines) is 1. The van der Waals surface area contributed by atoms with E-state index in [1.54, 1.807) is 23.0 Å². The van der Waals surface area contributed by atoms with Crippen molar-refractivity contribution >= 4 is 5.91 Å². The number of carbonyl (C=O) groups excluding carboxylic acids is 1. The lowest BCUT2D eigenvalue weighted by Crippen LogP contribution is -2.36. The molecule has 0 bridgehead atoms. The minimum Gasteiger partial charge on any atom is -0.339 e. The summed E-state index contributed by atoms with van der Waals surface area (Å²) in [6.45, 7) is 3.73. The van der Waals surface area contributed by atoms with Crippen LogP contribution in [0.15, 0.2) is 30.5 Å². The summed E-state index contributed by atoms with van der Waals surface area (Å²) in [4.78, 5) is 14.7. The summed E-state index contributed by atoms with van der Waals surface area (Å²) in [6, 6.07) is 6.21. The van der Waals surface area contributed by atoms with E-state index in [2.05, 4.69) is 12.0 Å². The van der Waals surface area contributed by atoms with Crippen LogP contribution in [0.5, 0.6) is 0 Å². The fraction of sp³-hybridized carbons (Fsp3) is 0.444. The van der Waals surface area contributed by atoms with Gasteiger partial charge in [0, 0.05) is 13.1 Å². The molecule has 0 N–H and O–H groups in total. The van der Waals surface area contributed by atoms with E-state index in [-0.39, 0.29) is 11.7 Å². The summed E-state index contributed by atoms with van der Waals surface area (Å²) in [6.07, 6.45) is 6.69. The molecule has 1 aromatic heterocycles. The van der Waals surface area contributed by atoms with E-state index in [1.165, 1.54) is 18.6 Å². The monoisotopic (exact) mass is 315 g/mol. The zero-order valence-corrected chi connectivity index (χ0v) is 13.5. The van der Waals surface area contributed by atoms with Gasteiger partial charge in [-0.25, -0.2) is 9.07 Å². The maximum Gasteiger partial charge on any atom is 0.257 e. The summed E-state index contributed by atoms with van der Waals surface area (Å²) in [5.74, 6) is -0.205. The Bertz CT molecular complexity index is 672. The molecule has 1 aromatic carbocycles. The molecule has 5 heteroatoms. The lowest BCUT2D eigenvalue weighted by atomic mass is 10.1. The molecule has 0 saturated carbocycles. The van der Waals surface area contributed by atoms with Gasteiger partial charge in [0.2, 0.25) is 0 Å². The second-order valence-corrected chi connectivity index (χ2v) is 6.00. The molecule has 4 nitrogen and oxygen atoms in total. The van der Waals surface area contributed by atoms with Crippen molar-refractivity contribution in [3.8, 4) is 5.69 Å². The van der Waals surface area contributed by atoms with Crippen molar-refractivity contribution in [3.05, 3.63) is 47.5 Å². The van der Waals surface area contributed by atoms with Crippen LogP contribution in [0.25, 0.3) is 5.69 Å². The van der Waals surface area contributed by atoms with Crippen LogP contribution in [0, 0.1) is 5.82 Å². The van der Waals surface area contributed by atoms with Crippen molar-refractivity contribution in [1.82, 2.24) is 14.7 Å². The summed E-state index contributed by atoms with van der Waals surface area (Å²) < 4.78 is 14.9. The van der Waals surface area contributed by atoms with Crippen molar-refractivity contribution in [2.75, 3.05) is 13.1 Å². The smallest absolute Gasteiger partial charge is 0.257 e. The number of hydrogen-bond acceptors (Lipinski definition) is 2. The van der Waals surface area contributed by atoms with Crippen LogP contribution < -0.4 is 0 Å². The standard InChI is InChI=1S/C18H22FN3O/c1-2-6-17-16(18(23)21-11-4-3-5-12-21)13-20-22(17)15-9-7-14(19)8-10-15/h7-10,13H,2-6,11-12H2,1H3. The molecule has 1 amide bonds. The van der Waals surface area contributed by atoms with E-state index in [0.717, 1.165) is 50.2 Å². The highest BCUT2D eigenvalue weighted by atomic mass is 19.1. The molecular weight excluding hydrogens is 293 g/mol. The fourth-order valence-corrected chi connectivity index (χ4v) is 3.10. The van der Waals surface area contributed by atoms with Crippen LogP contribution in [0.3, 0.4) is 0 Å². The van der Waals surface area contributed by atoms with Gasteiger partial charge in [0.1, 0.15) is 5.82 Å². The van der Waals surface area contributed by atoms with E-state index in [4.69, 9.17) is 0 Å². The quantitative estimate of drug-likeness (QED) is 0.865. The Morgan fingerprint density at radius 3 is 2.52 bits per heavy atom. The van der Waals surface area contributed by atoms with E-state index in [0.29, 0.717) is 5.56 Å². The SMILES string of the molecule is CCCc1c(C(=O)N2CCCCC2)cnn1-c1ccc(F)cc1. The lowest BCUT2D eigenvalue weighted by Gasteiger charge is -2.26. The van der Waals surface area contributed by atoms with E-state index >= 15 is 0 Å². The first-order valence-electron chi connectivity index (χ1n) is 8.33. The number of aromatic nitrogens is 2. The topological polar surface area (TPSA) is 38.1 Å². The largest absolute Gasteiger partial charge is 0.339 e. The van der Waals surface area contributed by atoms with Gasteiger partial charge in [0.25, 0.3) is 5.91 Å². The highest BCUT2D eigenvalue weighted by Crippen LogP contribution is 2.20. The Morgan fingerprint density at radius 2 is 1.87 bits per heavy atom. The van der Waals surface area contributed by atoms with Gasteiger partial charge in [0.15, 0.2) is 0 Å². The predicted octanol–water partition coefficient (Wildman–Crippen LogP) is 3.59. The average molecular weight is 315 g/mol. The third kappa shape index (κ3) is 3.28. The molecule has 1 aliphatic heterocycles. The van der Waals surface area contributed by atoms with Crippen LogP contribution in [-0.2, 0) is 6.42 Å². The Labute approximate surface area is 135 Å². The molecule has 1 saturated heterocycles. The molecule has 2 aromatic rings. The van der Waals surface area contributed by atoms with Gasteiger partial charge in [0.05, 0.1) is 23.1 Å². The normalized spacial score (nSPS) is 15.0. The van der Waals surface area contributed by atoms with Crippen LogP contribution in [-0.4, -0.2) is 33.7 Å². The van der Waals surface area contributed by atoms with Crippen LogP contribution >= 0.6 is 0 Å². The molecule has 1 fully saturated rings. The van der Waals surface area contributed by atoms with Gasteiger partial charge in [-0.2, -0.15) is 5.10 Å². The molecule has 23 heavy (non-hydrogen) atoms. The molecule has 1 aliphatic rings. The number of carbonyl (C=O) groups is 1. The molecule has 122 valence electrons. The maximum absolute atomic E-state index is 13.1. The molecule has 3 rings (SSSR count). The molecule has 0 unspecified atom stereocenters. The Morgan fingerprint density at radius 1 is 1.17 bits per heavy atom. The first-order valence-corrected chi connectivity index (χ1v) is 8.33. The second kappa shape index (κ2) is 6.94. The van der Waals surface area contributed by atoms with Gasteiger partial charge in [-0.3, -0.25) is 4.79 Å². The minimum atomic E-state index is -0.275. The number of piperidine rings is 1. The second-order valence-electron chi connectivity index (χ2n) is 6.00. The van der Waals surface area contributed by atoms with Gasteiger partial charge in [-0.15, -0.1) is 0 Å². The zero-order valence-electron chi connectivity index (χ0n) is 13.5. The van der Waals surface area contributed by atoms with Crippen molar-refractivity contribution in [2.45, 2.75) is 39.0 Å². The van der Waals surface area contributed by atoms with Gasteiger partial charge >= 0.3 is 0 Å². The van der Waals surface area contributed by atoms with Crippen molar-refractivity contribution in [2.24, 2.45) is 0 Å². The maximum atomic E-state index is 13.1. The van der Waals surface area contributed by atoms with Gasteiger partial charge in [-0.05, 0) is 49.9 Å². The molecule has 0 atom stereocenters. The van der Waals surface area contributed by atoms with Gasteiger partial charge < -0.3 is 4.90 Å². The Kier molecular flexibility index (Phi) is 4.74. The third-order valence-corrected chi connectivity index (χ3v) is 4.30. The van der Waals surface area contributed by atoms with Crippen molar-refractivity contribution in [3.63, 3.8) is 0 Å². The first-order chi connectivity index (χ1) is 11.2. The van der Waals surface area contributed by atoms with E-state index < -0.39 is 0 Å². The minimum absolute atomic E-state index is 0.0708. The highest BCUT2D eigenvalue weighted by Gasteiger charge is 2.23. The highest BCUT2D eigenvalue weighted by molar-refractivity contribution is 5.95. The van der Waals surface area contributed by atoms with E-state index in [1.807, 2.05) is 4.90 Å². The average Bonchev–Trinajstić information content (AvgIpc) is 3.00. The molecule has 0 radical (unpaired) electrons. The summed E-state index contributed by atoms with van der Waals surface area (Å²) in [5.41, 5.74) is 2.38. The first kappa shape index (κ1) is 15.7. The molecular formula is C18H22FN3O. The fourth-order valence-electron chi connectivity index (χ4n) is 3.10. The number of benzene rings is 1. The number of amides is 1. The summed E-state index contributed by atoms with van der Waals surface area (Å²) in [7, 11) is 0. The van der Waals surface area contributed by atoms with Gasteiger partial charge in [-0.1, -0.05) is 13.3 Å². The number of nitrogens with zero attached hydrogens (tertiary/aromatic N) is 3. The molecule has 0 aliphatic carbocycles. The predicted molar refractivity (Wildman–Crippen MR) is 87.3 cm³/mol. The lowest BCUT2D eigenvalue weighted by molar-refractivity contribution is 0.0723. The van der Waals surface area contributed by atoms with Crippen LogP contribution in [0.4, 0.5) is 4.39 Å². The summed E-state index contributed by atoms with van der Waals surface area (Å²) >= 11 is 0. The van der Waals surface area contributed by atoms with Crippen LogP contribution in [0.1, 0.15) is 48.7 Å². The third-order valence-electron chi connectivity index (χ3n) is 4.30. The van der Waals surface area contributed by atoms with Crippen LogP contribution in [0.2, 0.25) is 0 Å². The summed E-state index contributed by atoms with van der Waals surface area (Å²) in [5, 5.41) is 4.40. The number of rotatable bonds is 4. The van der Waals surface area contributed by atoms with Crippen molar-refractivity contribution < 1.29 is 9.18 Å². The molecule has 0 spiro atoms. The number of halogens is 1.